The largest absolute Gasteiger partial charge is 0.493 e. The molecule has 160 valence electrons. The SMILES string of the molecule is Cc1ccccc1OCCC(=O)N1CC[NH+](CC(=O)Nc2c(C)cccc2C)CC1. The molecule has 2 N–H and O–H groups in total. The van der Waals surface area contributed by atoms with Gasteiger partial charge in [0.2, 0.25) is 5.91 Å². The summed E-state index contributed by atoms with van der Waals surface area (Å²) < 4.78 is 5.74. The van der Waals surface area contributed by atoms with E-state index in [-0.39, 0.29) is 11.8 Å². The summed E-state index contributed by atoms with van der Waals surface area (Å²) in [4.78, 5) is 28.0. The van der Waals surface area contributed by atoms with Crippen LogP contribution in [0.15, 0.2) is 42.5 Å². The number of hydrogen-bond donors (Lipinski definition) is 2. The normalized spacial score (nSPS) is 14.4. The second-order valence-electron chi connectivity index (χ2n) is 7.99. The highest BCUT2D eigenvalue weighted by atomic mass is 16.5. The Hall–Kier alpha value is -2.86. The molecule has 0 saturated carbocycles. The monoisotopic (exact) mass is 410 g/mol. The highest BCUT2D eigenvalue weighted by molar-refractivity contribution is 5.93. The van der Waals surface area contributed by atoms with Crippen molar-refractivity contribution in [2.45, 2.75) is 27.2 Å². The maximum Gasteiger partial charge on any atom is 0.279 e. The van der Waals surface area contributed by atoms with Crippen LogP contribution in [0.4, 0.5) is 5.69 Å². The summed E-state index contributed by atoms with van der Waals surface area (Å²) in [5, 5.41) is 3.05. The Kier molecular flexibility index (Phi) is 7.46. The van der Waals surface area contributed by atoms with Crippen LogP contribution >= 0.6 is 0 Å². The molecule has 1 heterocycles. The van der Waals surface area contributed by atoms with Gasteiger partial charge in [0.25, 0.3) is 5.91 Å². The van der Waals surface area contributed by atoms with Gasteiger partial charge in [0.05, 0.1) is 39.2 Å². The van der Waals surface area contributed by atoms with Gasteiger partial charge in [-0.2, -0.15) is 0 Å². The van der Waals surface area contributed by atoms with Crippen LogP contribution in [0.1, 0.15) is 23.1 Å². The number of piperazine rings is 1. The molecule has 1 fully saturated rings. The van der Waals surface area contributed by atoms with Gasteiger partial charge in [0.15, 0.2) is 6.54 Å². The molecule has 0 spiro atoms. The van der Waals surface area contributed by atoms with Crippen molar-refractivity contribution in [3.05, 3.63) is 59.2 Å². The average molecular weight is 411 g/mol. The first-order chi connectivity index (χ1) is 14.4. The van der Waals surface area contributed by atoms with Gasteiger partial charge in [-0.3, -0.25) is 9.59 Å². The summed E-state index contributed by atoms with van der Waals surface area (Å²) in [6, 6.07) is 13.8. The van der Waals surface area contributed by atoms with Crippen molar-refractivity contribution >= 4 is 17.5 Å². The quantitative estimate of drug-likeness (QED) is 0.731. The first kappa shape index (κ1) is 21.8. The van der Waals surface area contributed by atoms with Crippen LogP contribution in [0.25, 0.3) is 0 Å². The van der Waals surface area contributed by atoms with Crippen molar-refractivity contribution in [1.29, 1.82) is 0 Å². The molecular weight excluding hydrogens is 378 g/mol. The standard InChI is InChI=1S/C24H31N3O3/c1-18-7-4-5-10-21(18)30-16-11-23(29)27-14-12-26(13-15-27)17-22(28)25-24-19(2)8-6-9-20(24)3/h4-10H,11-17H2,1-3H3,(H,25,28)/p+1. The fourth-order valence-corrected chi connectivity index (χ4v) is 3.80. The molecule has 0 unspecified atom stereocenters. The zero-order valence-corrected chi connectivity index (χ0v) is 18.2. The molecule has 30 heavy (non-hydrogen) atoms. The minimum absolute atomic E-state index is 0.0220. The first-order valence-electron chi connectivity index (χ1n) is 10.6. The zero-order chi connectivity index (χ0) is 21.5. The number of nitrogens with zero attached hydrogens (tertiary/aromatic N) is 1. The Labute approximate surface area is 178 Å². The van der Waals surface area contributed by atoms with Crippen LogP contribution < -0.4 is 15.0 Å². The van der Waals surface area contributed by atoms with Gasteiger partial charge in [-0.15, -0.1) is 0 Å². The van der Waals surface area contributed by atoms with Crippen LogP contribution in [0, 0.1) is 20.8 Å². The minimum Gasteiger partial charge on any atom is -0.493 e. The second-order valence-corrected chi connectivity index (χ2v) is 7.99. The lowest BCUT2D eigenvalue weighted by Crippen LogP contribution is -3.15. The molecule has 2 amide bonds. The van der Waals surface area contributed by atoms with Crippen molar-refractivity contribution in [2.24, 2.45) is 0 Å². The van der Waals surface area contributed by atoms with Crippen molar-refractivity contribution in [3.8, 4) is 5.75 Å². The third-order valence-corrected chi connectivity index (χ3v) is 5.65. The molecule has 2 aromatic rings. The van der Waals surface area contributed by atoms with E-state index in [4.69, 9.17) is 4.74 Å². The predicted molar refractivity (Wildman–Crippen MR) is 118 cm³/mol. The molecule has 0 bridgehead atoms. The number of carbonyl (C=O) groups is 2. The van der Waals surface area contributed by atoms with Crippen molar-refractivity contribution in [2.75, 3.05) is 44.6 Å². The molecule has 1 aliphatic rings. The smallest absolute Gasteiger partial charge is 0.279 e. The van der Waals surface area contributed by atoms with Crippen LogP contribution in [0.2, 0.25) is 0 Å². The summed E-state index contributed by atoms with van der Waals surface area (Å²) in [6.45, 7) is 9.72. The molecule has 6 heteroatoms. The molecular formula is C24H32N3O3+. The summed E-state index contributed by atoms with van der Waals surface area (Å²) in [6.07, 6.45) is 0.372. The number of para-hydroxylation sites is 2. The highest BCUT2D eigenvalue weighted by Crippen LogP contribution is 2.19. The predicted octanol–water partition coefficient (Wildman–Crippen LogP) is 1.75. The van der Waals surface area contributed by atoms with Crippen LogP contribution in [-0.4, -0.2) is 56.0 Å². The molecule has 0 radical (unpaired) electrons. The summed E-state index contributed by atoms with van der Waals surface area (Å²) >= 11 is 0. The molecule has 2 aromatic carbocycles. The second kappa shape index (κ2) is 10.3. The lowest BCUT2D eigenvalue weighted by Gasteiger charge is -2.32. The number of quaternary nitrogens is 1. The number of benzene rings is 2. The third-order valence-electron chi connectivity index (χ3n) is 5.65. The number of ether oxygens (including phenoxy) is 1. The van der Waals surface area contributed by atoms with Gasteiger partial charge in [-0.25, -0.2) is 0 Å². The fourth-order valence-electron chi connectivity index (χ4n) is 3.80. The Bertz CT molecular complexity index is 869. The maximum absolute atomic E-state index is 12.5. The topological polar surface area (TPSA) is 63.1 Å². The Morgan fingerprint density at radius 3 is 2.27 bits per heavy atom. The van der Waals surface area contributed by atoms with Gasteiger partial charge in [-0.05, 0) is 43.5 Å². The molecule has 0 aromatic heterocycles. The van der Waals surface area contributed by atoms with Crippen LogP contribution in [0.3, 0.4) is 0 Å². The van der Waals surface area contributed by atoms with E-state index < -0.39 is 0 Å². The number of rotatable bonds is 7. The lowest BCUT2D eigenvalue weighted by molar-refractivity contribution is -0.895. The van der Waals surface area contributed by atoms with E-state index in [1.54, 1.807) is 0 Å². The van der Waals surface area contributed by atoms with Gasteiger partial charge < -0.3 is 19.9 Å². The van der Waals surface area contributed by atoms with Gasteiger partial charge in [0, 0.05) is 5.69 Å². The Morgan fingerprint density at radius 2 is 1.60 bits per heavy atom. The highest BCUT2D eigenvalue weighted by Gasteiger charge is 2.25. The number of hydrogen-bond acceptors (Lipinski definition) is 3. The molecule has 1 aliphatic heterocycles. The van der Waals surface area contributed by atoms with Gasteiger partial charge in [0.1, 0.15) is 5.75 Å². The molecule has 6 nitrogen and oxygen atoms in total. The third kappa shape index (κ3) is 5.83. The summed E-state index contributed by atoms with van der Waals surface area (Å²) in [5.74, 6) is 0.964. The van der Waals surface area contributed by atoms with E-state index in [9.17, 15) is 9.59 Å². The lowest BCUT2D eigenvalue weighted by atomic mass is 10.1. The summed E-state index contributed by atoms with van der Waals surface area (Å²) in [7, 11) is 0. The molecule has 1 saturated heterocycles. The number of nitrogens with one attached hydrogen (secondary N) is 2. The molecule has 3 rings (SSSR count). The molecule has 0 atom stereocenters. The van der Waals surface area contributed by atoms with E-state index in [1.807, 2.05) is 68.1 Å². The number of amides is 2. The van der Waals surface area contributed by atoms with E-state index in [0.717, 1.165) is 41.2 Å². The van der Waals surface area contributed by atoms with Crippen LogP contribution in [0.5, 0.6) is 5.75 Å². The number of aryl methyl sites for hydroxylation is 3. The molecule has 0 aliphatic carbocycles. The number of anilines is 1. The Morgan fingerprint density at radius 1 is 0.967 bits per heavy atom. The van der Waals surface area contributed by atoms with E-state index in [2.05, 4.69) is 5.32 Å². The summed E-state index contributed by atoms with van der Waals surface area (Å²) in [5.41, 5.74) is 4.12. The zero-order valence-electron chi connectivity index (χ0n) is 18.2. The van der Waals surface area contributed by atoms with E-state index in [0.29, 0.717) is 32.7 Å². The van der Waals surface area contributed by atoms with E-state index >= 15 is 0 Å². The van der Waals surface area contributed by atoms with Crippen molar-refractivity contribution in [3.63, 3.8) is 0 Å². The van der Waals surface area contributed by atoms with Gasteiger partial charge in [-0.1, -0.05) is 36.4 Å². The minimum atomic E-state index is 0.0220. The Balaban J connectivity index is 1.39. The average Bonchev–Trinajstić information content (AvgIpc) is 2.73. The van der Waals surface area contributed by atoms with Gasteiger partial charge >= 0.3 is 0 Å². The van der Waals surface area contributed by atoms with E-state index in [1.165, 1.54) is 4.90 Å². The first-order valence-corrected chi connectivity index (χ1v) is 10.6. The number of carbonyl (C=O) groups excluding carboxylic acids is 2. The van der Waals surface area contributed by atoms with Crippen molar-refractivity contribution < 1.29 is 19.2 Å². The van der Waals surface area contributed by atoms with Crippen LogP contribution in [-0.2, 0) is 9.59 Å². The fraction of sp³-hybridized carbons (Fsp3) is 0.417. The maximum atomic E-state index is 12.5. The van der Waals surface area contributed by atoms with Crippen molar-refractivity contribution in [1.82, 2.24) is 4.90 Å².